The van der Waals surface area contributed by atoms with Gasteiger partial charge in [-0.05, 0) is 32.1 Å². The molecule has 2 fully saturated rings. The molecule has 0 atom stereocenters. The highest BCUT2D eigenvalue weighted by Crippen LogP contribution is 2.54. The number of alkyl halides is 2. The van der Waals surface area contributed by atoms with Gasteiger partial charge in [0.1, 0.15) is 0 Å². The van der Waals surface area contributed by atoms with E-state index in [0.717, 1.165) is 25.9 Å². The van der Waals surface area contributed by atoms with Crippen molar-refractivity contribution >= 4 is 0 Å². The van der Waals surface area contributed by atoms with Crippen molar-refractivity contribution in [2.45, 2.75) is 53.0 Å². The summed E-state index contributed by atoms with van der Waals surface area (Å²) in [6, 6.07) is 0.580. The molecule has 0 aromatic carbocycles. The van der Waals surface area contributed by atoms with Gasteiger partial charge in [0, 0.05) is 25.0 Å². The fourth-order valence-electron chi connectivity index (χ4n) is 2.67. The van der Waals surface area contributed by atoms with Crippen LogP contribution in [0.4, 0.5) is 8.78 Å². The van der Waals surface area contributed by atoms with E-state index < -0.39 is 6.43 Å². The lowest BCUT2D eigenvalue weighted by molar-refractivity contribution is -0.142. The second-order valence-corrected chi connectivity index (χ2v) is 5.00. The van der Waals surface area contributed by atoms with Gasteiger partial charge < -0.3 is 0 Å². The molecule has 2 rings (SSSR count). The topological polar surface area (TPSA) is 3.24 Å². The van der Waals surface area contributed by atoms with Crippen LogP contribution >= 0.6 is 0 Å². The van der Waals surface area contributed by atoms with Crippen LogP contribution in [0.2, 0.25) is 0 Å². The zero-order valence-electron chi connectivity index (χ0n) is 10.3. The molecule has 0 radical (unpaired) electrons. The molecule has 3 heteroatoms. The molecular formula is C12H23F2N. The van der Waals surface area contributed by atoms with Crippen LogP contribution in [0.15, 0.2) is 0 Å². The minimum Gasteiger partial charge on any atom is -0.300 e. The highest BCUT2D eigenvalue weighted by atomic mass is 19.3. The van der Waals surface area contributed by atoms with Crippen LogP contribution in [0.1, 0.15) is 40.5 Å². The highest BCUT2D eigenvalue weighted by molar-refractivity contribution is 5.05. The standard InChI is InChI=1S/C10H17F2N.C2H6/c1-7(2)13-5-10(6-13)3-8(4-10)9(11)12;1-2/h7-9H,3-6H2,1-2H3;1-2H3. The Bertz CT molecular complexity index is 166. The summed E-state index contributed by atoms with van der Waals surface area (Å²) in [5.41, 5.74) is 0.297. The van der Waals surface area contributed by atoms with Crippen molar-refractivity contribution in [3.05, 3.63) is 0 Å². The largest absolute Gasteiger partial charge is 0.300 e. The summed E-state index contributed by atoms with van der Waals surface area (Å²) in [5.74, 6) is -0.297. The summed E-state index contributed by atoms with van der Waals surface area (Å²) in [6.45, 7) is 10.4. The SMILES string of the molecule is CC.CC(C)N1CC2(CC(C(F)F)C2)C1. The van der Waals surface area contributed by atoms with E-state index in [1.54, 1.807) is 0 Å². The Kier molecular flexibility index (Phi) is 4.10. The first-order chi connectivity index (χ1) is 7.02. The van der Waals surface area contributed by atoms with Gasteiger partial charge in [-0.2, -0.15) is 0 Å². The van der Waals surface area contributed by atoms with Crippen LogP contribution in [0, 0.1) is 11.3 Å². The second-order valence-electron chi connectivity index (χ2n) is 5.00. The smallest absolute Gasteiger partial charge is 0.241 e. The van der Waals surface area contributed by atoms with Crippen molar-refractivity contribution in [2.75, 3.05) is 13.1 Å². The zero-order valence-corrected chi connectivity index (χ0v) is 10.3. The van der Waals surface area contributed by atoms with Crippen molar-refractivity contribution in [3.8, 4) is 0 Å². The third kappa shape index (κ3) is 2.49. The molecule has 1 heterocycles. The Labute approximate surface area is 91.8 Å². The maximum absolute atomic E-state index is 12.2. The summed E-state index contributed by atoms with van der Waals surface area (Å²) in [5, 5.41) is 0. The third-order valence-electron chi connectivity index (χ3n) is 3.55. The molecule has 0 unspecified atom stereocenters. The van der Waals surface area contributed by atoms with Gasteiger partial charge in [0.2, 0.25) is 6.43 Å². The molecule has 1 aliphatic carbocycles. The number of nitrogens with zero attached hydrogens (tertiary/aromatic N) is 1. The molecule has 1 spiro atoms. The minimum atomic E-state index is -2.08. The van der Waals surface area contributed by atoms with Crippen molar-refractivity contribution in [1.29, 1.82) is 0 Å². The predicted molar refractivity (Wildman–Crippen MR) is 59.2 cm³/mol. The first-order valence-corrected chi connectivity index (χ1v) is 6.05. The normalized spacial score (nSPS) is 24.8. The highest BCUT2D eigenvalue weighted by Gasteiger charge is 2.54. The molecule has 1 nitrogen and oxygen atoms in total. The lowest BCUT2D eigenvalue weighted by atomic mass is 9.57. The first kappa shape index (κ1) is 12.9. The van der Waals surface area contributed by atoms with Crippen LogP contribution in [-0.2, 0) is 0 Å². The lowest BCUT2D eigenvalue weighted by Crippen LogP contribution is -2.64. The fourth-order valence-corrected chi connectivity index (χ4v) is 2.67. The number of hydrogen-bond donors (Lipinski definition) is 0. The average Bonchev–Trinajstić information content (AvgIpc) is 2.01. The summed E-state index contributed by atoms with van der Waals surface area (Å²) in [7, 11) is 0. The molecule has 15 heavy (non-hydrogen) atoms. The van der Waals surface area contributed by atoms with Crippen molar-refractivity contribution in [3.63, 3.8) is 0 Å². The van der Waals surface area contributed by atoms with Gasteiger partial charge in [-0.15, -0.1) is 0 Å². The molecule has 0 aromatic rings. The van der Waals surface area contributed by atoms with Crippen LogP contribution in [0.3, 0.4) is 0 Å². The van der Waals surface area contributed by atoms with Gasteiger partial charge in [-0.1, -0.05) is 13.8 Å². The Morgan fingerprint density at radius 2 is 1.60 bits per heavy atom. The van der Waals surface area contributed by atoms with E-state index in [0.29, 0.717) is 11.5 Å². The molecule has 90 valence electrons. The molecule has 1 saturated carbocycles. The molecular weight excluding hydrogens is 196 g/mol. The van der Waals surface area contributed by atoms with Gasteiger partial charge in [0.25, 0.3) is 0 Å². The molecule has 0 bridgehead atoms. The Morgan fingerprint density at radius 1 is 1.13 bits per heavy atom. The van der Waals surface area contributed by atoms with E-state index in [1.807, 2.05) is 13.8 Å². The quantitative estimate of drug-likeness (QED) is 0.688. The molecule has 1 saturated heterocycles. The van der Waals surface area contributed by atoms with E-state index in [9.17, 15) is 8.78 Å². The van der Waals surface area contributed by atoms with Crippen LogP contribution in [0.25, 0.3) is 0 Å². The van der Waals surface area contributed by atoms with Crippen LogP contribution in [0.5, 0.6) is 0 Å². The maximum Gasteiger partial charge on any atom is 0.241 e. The van der Waals surface area contributed by atoms with Gasteiger partial charge in [0.15, 0.2) is 0 Å². The molecule has 0 N–H and O–H groups in total. The van der Waals surface area contributed by atoms with E-state index in [1.165, 1.54) is 0 Å². The van der Waals surface area contributed by atoms with Crippen LogP contribution in [-0.4, -0.2) is 30.5 Å². The van der Waals surface area contributed by atoms with E-state index in [-0.39, 0.29) is 5.92 Å². The maximum atomic E-state index is 12.2. The van der Waals surface area contributed by atoms with E-state index >= 15 is 0 Å². The Morgan fingerprint density at radius 3 is 1.93 bits per heavy atom. The minimum absolute atomic E-state index is 0.297. The van der Waals surface area contributed by atoms with Crippen molar-refractivity contribution in [1.82, 2.24) is 4.90 Å². The average molecular weight is 219 g/mol. The van der Waals surface area contributed by atoms with Gasteiger partial charge in [-0.25, -0.2) is 8.78 Å². The summed E-state index contributed by atoms with van der Waals surface area (Å²) in [6.07, 6.45) is -0.569. The Hall–Kier alpha value is -0.180. The zero-order chi connectivity index (χ0) is 11.6. The number of rotatable bonds is 2. The van der Waals surface area contributed by atoms with Crippen LogP contribution < -0.4 is 0 Å². The predicted octanol–water partition coefficient (Wildman–Crippen LogP) is 3.40. The Balaban J connectivity index is 0.000000531. The second kappa shape index (κ2) is 4.77. The fraction of sp³-hybridized carbons (Fsp3) is 1.00. The summed E-state index contributed by atoms with van der Waals surface area (Å²) >= 11 is 0. The number of hydrogen-bond acceptors (Lipinski definition) is 1. The third-order valence-corrected chi connectivity index (χ3v) is 3.55. The van der Waals surface area contributed by atoms with Gasteiger partial charge in [-0.3, -0.25) is 4.90 Å². The summed E-state index contributed by atoms with van der Waals surface area (Å²) in [4.78, 5) is 2.36. The molecule has 1 aliphatic heterocycles. The molecule has 0 aromatic heterocycles. The van der Waals surface area contributed by atoms with Crippen molar-refractivity contribution < 1.29 is 8.78 Å². The van der Waals surface area contributed by atoms with E-state index in [4.69, 9.17) is 0 Å². The molecule has 2 aliphatic rings. The lowest BCUT2D eigenvalue weighted by Gasteiger charge is -2.60. The van der Waals surface area contributed by atoms with Gasteiger partial charge in [0.05, 0.1) is 0 Å². The van der Waals surface area contributed by atoms with Crippen molar-refractivity contribution in [2.24, 2.45) is 11.3 Å². The number of likely N-dealkylation sites (tertiary alicyclic amines) is 1. The monoisotopic (exact) mass is 219 g/mol. The molecule has 0 amide bonds. The number of halogens is 2. The first-order valence-electron chi connectivity index (χ1n) is 6.05. The van der Waals surface area contributed by atoms with E-state index in [2.05, 4.69) is 18.7 Å². The van der Waals surface area contributed by atoms with Gasteiger partial charge >= 0.3 is 0 Å². The summed E-state index contributed by atoms with van der Waals surface area (Å²) < 4.78 is 24.5.